The van der Waals surface area contributed by atoms with Gasteiger partial charge in [-0.3, -0.25) is 0 Å². The normalized spacial score (nSPS) is 13.3. The lowest BCUT2D eigenvalue weighted by molar-refractivity contribution is -0.000124. The smallest absolute Gasteiger partial charge is 0.0784 e. The summed E-state index contributed by atoms with van der Waals surface area (Å²) < 4.78 is 15.1. The largest absolute Gasteiger partial charge is 0.391 e. The third-order valence-electron chi connectivity index (χ3n) is 2.19. The molecule has 110 valence electrons. The predicted octanol–water partition coefficient (Wildman–Crippen LogP) is 2.25. The maximum atomic E-state index is 8.43. The van der Waals surface area contributed by atoms with Crippen LogP contribution < -0.4 is 0 Å². The van der Waals surface area contributed by atoms with Gasteiger partial charge in [0.25, 0.3) is 0 Å². The molecule has 4 nitrogen and oxygen atoms in total. The topological polar surface area (TPSA) is 47.9 Å². The average Bonchev–Trinajstić information content (AvgIpc) is 2.38. The van der Waals surface area contributed by atoms with Crippen molar-refractivity contribution in [2.24, 2.45) is 0 Å². The highest BCUT2D eigenvalue weighted by Gasteiger charge is 2.00. The number of ether oxygens (including phenoxy) is 3. The van der Waals surface area contributed by atoms with Gasteiger partial charge in [0.05, 0.1) is 32.0 Å². The van der Waals surface area contributed by atoms with Crippen LogP contribution in [0.5, 0.6) is 0 Å². The van der Waals surface area contributed by atoms with Crippen molar-refractivity contribution in [1.29, 1.82) is 0 Å². The fraction of sp³-hybridized carbons (Fsp3) is 0.600. The van der Waals surface area contributed by atoms with Gasteiger partial charge in [-0.25, -0.2) is 0 Å². The van der Waals surface area contributed by atoms with Crippen LogP contribution in [-0.2, 0) is 20.8 Å². The van der Waals surface area contributed by atoms with E-state index in [1.807, 2.05) is 25.1 Å². The number of aliphatic hydroxyl groups is 1. The van der Waals surface area contributed by atoms with Crippen LogP contribution in [-0.4, -0.2) is 44.7 Å². The van der Waals surface area contributed by atoms with E-state index in [1.54, 1.807) is 21.1 Å². The van der Waals surface area contributed by atoms with Crippen LogP contribution in [0.15, 0.2) is 30.3 Å². The summed E-state index contributed by atoms with van der Waals surface area (Å²) in [5, 5.41) is 8.43. The zero-order valence-electron chi connectivity index (χ0n) is 12.3. The van der Waals surface area contributed by atoms with E-state index in [0.717, 1.165) is 0 Å². The van der Waals surface area contributed by atoms with Gasteiger partial charge in [-0.2, -0.15) is 0 Å². The molecule has 2 unspecified atom stereocenters. The lowest BCUT2D eigenvalue weighted by Gasteiger charge is -2.11. The van der Waals surface area contributed by atoms with E-state index >= 15 is 0 Å². The molecule has 0 fully saturated rings. The first kappa shape index (κ1) is 18.1. The van der Waals surface area contributed by atoms with Gasteiger partial charge < -0.3 is 19.3 Å². The van der Waals surface area contributed by atoms with Crippen LogP contribution in [0.25, 0.3) is 0 Å². The minimum Gasteiger partial charge on any atom is -0.391 e. The zero-order valence-corrected chi connectivity index (χ0v) is 12.3. The Bertz CT molecular complexity index is 287. The standard InChI is InChI=1S/C11H16O2.C4H10O2/c1-10(8-12-2)13-9-11-6-4-3-5-7-11;1-4(5)3-6-2/h3-7,10H,8-9H2,1-2H3;4-5H,3H2,1-2H3. The minimum absolute atomic E-state index is 0.158. The molecule has 1 aromatic rings. The molecule has 0 spiro atoms. The van der Waals surface area contributed by atoms with Crippen molar-refractivity contribution in [3.8, 4) is 0 Å². The molecule has 0 aliphatic carbocycles. The van der Waals surface area contributed by atoms with Crippen molar-refractivity contribution in [1.82, 2.24) is 0 Å². The van der Waals surface area contributed by atoms with Crippen molar-refractivity contribution >= 4 is 0 Å². The molecule has 0 bridgehead atoms. The number of benzene rings is 1. The summed E-state index contributed by atoms with van der Waals surface area (Å²) in [6.07, 6.45) is -0.166. The molecule has 1 N–H and O–H groups in total. The van der Waals surface area contributed by atoms with Crippen molar-refractivity contribution in [3.05, 3.63) is 35.9 Å². The van der Waals surface area contributed by atoms with Crippen LogP contribution in [0, 0.1) is 0 Å². The number of hydrogen-bond acceptors (Lipinski definition) is 4. The van der Waals surface area contributed by atoms with E-state index in [1.165, 1.54) is 5.56 Å². The molecule has 0 heterocycles. The van der Waals surface area contributed by atoms with Crippen LogP contribution in [0.4, 0.5) is 0 Å². The van der Waals surface area contributed by atoms with Crippen LogP contribution >= 0.6 is 0 Å². The van der Waals surface area contributed by atoms with Gasteiger partial charge in [0.15, 0.2) is 0 Å². The zero-order chi connectivity index (χ0) is 14.5. The molecule has 1 rings (SSSR count). The second kappa shape index (κ2) is 12.1. The van der Waals surface area contributed by atoms with E-state index in [9.17, 15) is 0 Å². The van der Waals surface area contributed by atoms with Crippen molar-refractivity contribution in [2.45, 2.75) is 32.7 Å². The first-order valence-corrected chi connectivity index (χ1v) is 6.41. The molecular formula is C15H26O4. The summed E-state index contributed by atoms with van der Waals surface area (Å²) in [5.74, 6) is 0. The molecule has 0 saturated carbocycles. The summed E-state index contributed by atoms with van der Waals surface area (Å²) in [6.45, 7) is 5.42. The fourth-order valence-electron chi connectivity index (χ4n) is 1.34. The van der Waals surface area contributed by atoms with Gasteiger partial charge in [0.1, 0.15) is 0 Å². The van der Waals surface area contributed by atoms with Crippen LogP contribution in [0.3, 0.4) is 0 Å². The molecule has 4 heteroatoms. The molecule has 0 aliphatic rings. The molecule has 0 amide bonds. The van der Waals surface area contributed by atoms with Gasteiger partial charge in [-0.15, -0.1) is 0 Å². The Kier molecular flexibility index (Phi) is 11.5. The molecule has 2 atom stereocenters. The Morgan fingerprint density at radius 3 is 2.00 bits per heavy atom. The number of rotatable bonds is 7. The second-order valence-corrected chi connectivity index (χ2v) is 4.37. The minimum atomic E-state index is -0.324. The summed E-state index contributed by atoms with van der Waals surface area (Å²) in [4.78, 5) is 0. The van der Waals surface area contributed by atoms with Crippen molar-refractivity contribution in [3.63, 3.8) is 0 Å². The van der Waals surface area contributed by atoms with E-state index in [4.69, 9.17) is 14.6 Å². The van der Waals surface area contributed by atoms with Crippen molar-refractivity contribution < 1.29 is 19.3 Å². The maximum Gasteiger partial charge on any atom is 0.0784 e. The summed E-state index contributed by atoms with van der Waals surface area (Å²) in [7, 11) is 3.25. The van der Waals surface area contributed by atoms with E-state index in [-0.39, 0.29) is 12.2 Å². The van der Waals surface area contributed by atoms with Gasteiger partial charge >= 0.3 is 0 Å². The van der Waals surface area contributed by atoms with E-state index in [2.05, 4.69) is 16.9 Å². The molecule has 0 aliphatic heterocycles. The number of methoxy groups -OCH3 is 2. The Morgan fingerprint density at radius 1 is 1.00 bits per heavy atom. The summed E-state index contributed by atoms with van der Waals surface area (Å²) in [6, 6.07) is 10.1. The molecule has 19 heavy (non-hydrogen) atoms. The second-order valence-electron chi connectivity index (χ2n) is 4.37. The highest BCUT2D eigenvalue weighted by Crippen LogP contribution is 2.03. The Morgan fingerprint density at radius 2 is 1.58 bits per heavy atom. The lowest BCUT2D eigenvalue weighted by Crippen LogP contribution is -2.14. The number of aliphatic hydroxyl groups excluding tert-OH is 1. The molecular weight excluding hydrogens is 244 g/mol. The highest BCUT2D eigenvalue weighted by atomic mass is 16.5. The van der Waals surface area contributed by atoms with E-state index in [0.29, 0.717) is 19.8 Å². The van der Waals surface area contributed by atoms with Gasteiger partial charge in [-0.1, -0.05) is 30.3 Å². The number of hydrogen-bond donors (Lipinski definition) is 1. The molecule has 0 radical (unpaired) electrons. The van der Waals surface area contributed by atoms with Gasteiger partial charge in [0, 0.05) is 14.2 Å². The highest BCUT2D eigenvalue weighted by molar-refractivity contribution is 5.13. The average molecular weight is 270 g/mol. The Hall–Kier alpha value is -0.940. The van der Waals surface area contributed by atoms with Crippen molar-refractivity contribution in [2.75, 3.05) is 27.4 Å². The van der Waals surface area contributed by atoms with Crippen LogP contribution in [0.1, 0.15) is 19.4 Å². The monoisotopic (exact) mass is 270 g/mol. The Labute approximate surface area is 116 Å². The van der Waals surface area contributed by atoms with Gasteiger partial charge in [-0.05, 0) is 19.4 Å². The third-order valence-corrected chi connectivity index (χ3v) is 2.19. The summed E-state index contributed by atoms with van der Waals surface area (Å²) >= 11 is 0. The first-order valence-electron chi connectivity index (χ1n) is 6.41. The Balaban J connectivity index is 0.000000459. The predicted molar refractivity (Wildman–Crippen MR) is 76.1 cm³/mol. The molecule has 1 aromatic carbocycles. The van der Waals surface area contributed by atoms with E-state index < -0.39 is 0 Å². The third kappa shape index (κ3) is 11.9. The van der Waals surface area contributed by atoms with Crippen LogP contribution in [0.2, 0.25) is 0 Å². The fourth-order valence-corrected chi connectivity index (χ4v) is 1.34. The lowest BCUT2D eigenvalue weighted by atomic mass is 10.2. The SMILES string of the molecule is COCC(C)O.COCC(C)OCc1ccccc1. The molecule has 0 aromatic heterocycles. The van der Waals surface area contributed by atoms with Gasteiger partial charge in [0.2, 0.25) is 0 Å². The molecule has 0 saturated heterocycles. The quantitative estimate of drug-likeness (QED) is 0.825. The summed E-state index contributed by atoms with van der Waals surface area (Å²) in [5.41, 5.74) is 1.20. The first-order chi connectivity index (χ1) is 9.10. The maximum absolute atomic E-state index is 8.43.